The molecule has 0 atom stereocenters. The van der Waals surface area contributed by atoms with E-state index in [0.717, 1.165) is 0 Å². The number of ether oxygens (including phenoxy) is 1. The minimum Gasteiger partial charge on any atom is -0.458 e. The second kappa shape index (κ2) is 3.88. The number of nitrogens with zero attached hydrogens (tertiary/aromatic N) is 2. The summed E-state index contributed by atoms with van der Waals surface area (Å²) in [6.45, 7) is -1.03. The molecule has 0 N–H and O–H groups in total. The zero-order chi connectivity index (χ0) is 8.97. The van der Waals surface area contributed by atoms with Gasteiger partial charge in [-0.25, -0.2) is 9.37 Å². The standard InChI is InChI=1S/C7H4ClFN2O/c8-5-1-2-11-6(3-10)7(5)12-4-9/h1-2H,4H2. The van der Waals surface area contributed by atoms with E-state index in [1.54, 1.807) is 6.07 Å². The molecule has 3 nitrogen and oxygen atoms in total. The van der Waals surface area contributed by atoms with E-state index in [-0.39, 0.29) is 16.5 Å². The van der Waals surface area contributed by atoms with Gasteiger partial charge >= 0.3 is 0 Å². The maximum atomic E-state index is 11.8. The maximum Gasteiger partial charge on any atom is 0.228 e. The third-order valence-electron chi connectivity index (χ3n) is 1.16. The first-order chi connectivity index (χ1) is 5.79. The molecule has 1 aromatic rings. The third kappa shape index (κ3) is 1.63. The van der Waals surface area contributed by atoms with Gasteiger partial charge in [0.15, 0.2) is 11.4 Å². The molecule has 0 fully saturated rings. The van der Waals surface area contributed by atoms with Gasteiger partial charge in [-0.2, -0.15) is 5.26 Å². The summed E-state index contributed by atoms with van der Waals surface area (Å²) in [5, 5.41) is 8.68. The number of nitriles is 1. The molecule has 1 rings (SSSR count). The summed E-state index contributed by atoms with van der Waals surface area (Å²) in [5.41, 5.74) is -0.0137. The zero-order valence-corrected chi connectivity index (χ0v) is 6.68. The zero-order valence-electron chi connectivity index (χ0n) is 5.92. The van der Waals surface area contributed by atoms with Gasteiger partial charge in [-0.15, -0.1) is 0 Å². The van der Waals surface area contributed by atoms with E-state index in [1.165, 1.54) is 12.3 Å². The van der Waals surface area contributed by atoms with Gasteiger partial charge in [0.05, 0.1) is 5.02 Å². The van der Waals surface area contributed by atoms with Crippen molar-refractivity contribution in [1.82, 2.24) is 4.98 Å². The number of halogens is 2. The average molecular weight is 187 g/mol. The Hall–Kier alpha value is -1.34. The van der Waals surface area contributed by atoms with E-state index >= 15 is 0 Å². The van der Waals surface area contributed by atoms with Crippen LogP contribution in [-0.4, -0.2) is 11.8 Å². The Bertz CT molecular complexity index is 324. The van der Waals surface area contributed by atoms with Crippen molar-refractivity contribution in [2.24, 2.45) is 0 Å². The summed E-state index contributed by atoms with van der Waals surface area (Å²) < 4.78 is 16.2. The second-order valence-electron chi connectivity index (χ2n) is 1.84. The van der Waals surface area contributed by atoms with Gasteiger partial charge in [-0.3, -0.25) is 0 Å². The molecule has 0 saturated carbocycles. The van der Waals surface area contributed by atoms with E-state index in [1.807, 2.05) is 0 Å². The monoisotopic (exact) mass is 186 g/mol. The highest BCUT2D eigenvalue weighted by atomic mass is 35.5. The van der Waals surface area contributed by atoms with Gasteiger partial charge in [0, 0.05) is 6.20 Å². The fraction of sp³-hybridized carbons (Fsp3) is 0.143. The molecule has 0 aliphatic carbocycles. The molecular formula is C7H4ClFN2O. The molecule has 12 heavy (non-hydrogen) atoms. The summed E-state index contributed by atoms with van der Waals surface area (Å²) in [5.74, 6) is -0.0100. The van der Waals surface area contributed by atoms with Crippen LogP contribution in [0.1, 0.15) is 5.69 Å². The van der Waals surface area contributed by atoms with Crippen LogP contribution >= 0.6 is 11.6 Å². The van der Waals surface area contributed by atoms with Crippen molar-refractivity contribution in [3.63, 3.8) is 0 Å². The van der Waals surface area contributed by atoms with Crippen LogP contribution in [0.3, 0.4) is 0 Å². The fourth-order valence-electron chi connectivity index (χ4n) is 0.696. The smallest absolute Gasteiger partial charge is 0.228 e. The van der Waals surface area contributed by atoms with Crippen LogP contribution in [0, 0.1) is 11.3 Å². The predicted octanol–water partition coefficient (Wildman–Crippen LogP) is 1.91. The maximum absolute atomic E-state index is 11.8. The minimum atomic E-state index is -1.03. The Morgan fingerprint density at radius 3 is 3.08 bits per heavy atom. The van der Waals surface area contributed by atoms with Crippen LogP contribution < -0.4 is 4.74 Å². The van der Waals surface area contributed by atoms with Crippen LogP contribution in [0.15, 0.2) is 12.3 Å². The van der Waals surface area contributed by atoms with Crippen LogP contribution in [-0.2, 0) is 0 Å². The van der Waals surface area contributed by atoms with Crippen molar-refractivity contribution >= 4 is 11.6 Å². The highest BCUT2D eigenvalue weighted by Crippen LogP contribution is 2.26. The summed E-state index contributed by atoms with van der Waals surface area (Å²) in [6.07, 6.45) is 1.35. The lowest BCUT2D eigenvalue weighted by Crippen LogP contribution is -1.95. The Kier molecular flexibility index (Phi) is 2.83. The number of hydrogen-bond acceptors (Lipinski definition) is 3. The average Bonchev–Trinajstić information content (AvgIpc) is 2.09. The van der Waals surface area contributed by atoms with Gasteiger partial charge < -0.3 is 4.74 Å². The summed E-state index contributed by atoms with van der Waals surface area (Å²) in [6, 6.07) is 3.16. The molecule has 0 unspecified atom stereocenters. The van der Waals surface area contributed by atoms with Crippen molar-refractivity contribution in [1.29, 1.82) is 5.26 Å². The molecule has 0 saturated heterocycles. The molecular weight excluding hydrogens is 183 g/mol. The Morgan fingerprint density at radius 2 is 2.50 bits per heavy atom. The normalized spacial score (nSPS) is 9.08. The van der Waals surface area contributed by atoms with Crippen LogP contribution in [0.2, 0.25) is 5.02 Å². The van der Waals surface area contributed by atoms with Crippen LogP contribution in [0.5, 0.6) is 5.75 Å². The lowest BCUT2D eigenvalue weighted by Gasteiger charge is -2.03. The van der Waals surface area contributed by atoms with Gasteiger partial charge in [-0.1, -0.05) is 11.6 Å². The van der Waals surface area contributed by atoms with Gasteiger partial charge in [0.2, 0.25) is 6.86 Å². The molecule has 0 aromatic carbocycles. The fourth-order valence-corrected chi connectivity index (χ4v) is 0.897. The quantitative estimate of drug-likeness (QED) is 0.709. The minimum absolute atomic E-state index is 0.0100. The molecule has 62 valence electrons. The summed E-state index contributed by atoms with van der Waals surface area (Å²) >= 11 is 5.60. The SMILES string of the molecule is N#Cc1nccc(Cl)c1OCF. The molecule has 0 bridgehead atoms. The highest BCUT2D eigenvalue weighted by molar-refractivity contribution is 6.32. The van der Waals surface area contributed by atoms with Crippen molar-refractivity contribution in [3.8, 4) is 11.8 Å². The number of rotatable bonds is 2. The van der Waals surface area contributed by atoms with Crippen molar-refractivity contribution in [3.05, 3.63) is 23.0 Å². The lowest BCUT2D eigenvalue weighted by molar-refractivity contribution is 0.190. The largest absolute Gasteiger partial charge is 0.458 e. The molecule has 1 aromatic heterocycles. The number of pyridine rings is 1. The third-order valence-corrected chi connectivity index (χ3v) is 1.46. The van der Waals surface area contributed by atoms with E-state index in [4.69, 9.17) is 16.9 Å². The Balaban J connectivity index is 3.13. The molecule has 0 radical (unpaired) electrons. The highest BCUT2D eigenvalue weighted by Gasteiger charge is 2.08. The first-order valence-electron chi connectivity index (χ1n) is 3.03. The van der Waals surface area contributed by atoms with Gasteiger partial charge in [0.25, 0.3) is 0 Å². The van der Waals surface area contributed by atoms with Gasteiger partial charge in [0.1, 0.15) is 6.07 Å². The molecule has 0 amide bonds. The van der Waals surface area contributed by atoms with E-state index in [2.05, 4.69) is 9.72 Å². The van der Waals surface area contributed by atoms with E-state index < -0.39 is 6.86 Å². The van der Waals surface area contributed by atoms with Crippen molar-refractivity contribution in [2.45, 2.75) is 0 Å². The number of aromatic nitrogens is 1. The molecule has 0 aliphatic heterocycles. The van der Waals surface area contributed by atoms with E-state index in [9.17, 15) is 4.39 Å². The predicted molar refractivity (Wildman–Crippen MR) is 40.6 cm³/mol. The van der Waals surface area contributed by atoms with E-state index in [0.29, 0.717) is 0 Å². The number of alkyl halides is 1. The van der Waals surface area contributed by atoms with Crippen LogP contribution in [0.4, 0.5) is 4.39 Å². The lowest BCUT2D eigenvalue weighted by atomic mass is 10.3. The summed E-state index contributed by atoms with van der Waals surface area (Å²) in [4.78, 5) is 3.64. The second-order valence-corrected chi connectivity index (χ2v) is 2.24. The molecule has 0 aliphatic rings. The Morgan fingerprint density at radius 1 is 1.75 bits per heavy atom. The molecule has 1 heterocycles. The van der Waals surface area contributed by atoms with Crippen LogP contribution in [0.25, 0.3) is 0 Å². The molecule has 5 heteroatoms. The van der Waals surface area contributed by atoms with Crippen molar-refractivity contribution in [2.75, 3.05) is 6.86 Å². The molecule has 0 spiro atoms. The Labute approximate surface area is 73.4 Å². The van der Waals surface area contributed by atoms with Crippen molar-refractivity contribution < 1.29 is 9.13 Å². The topological polar surface area (TPSA) is 45.9 Å². The first kappa shape index (κ1) is 8.75. The van der Waals surface area contributed by atoms with Gasteiger partial charge in [-0.05, 0) is 6.07 Å². The first-order valence-corrected chi connectivity index (χ1v) is 3.40. The number of hydrogen-bond donors (Lipinski definition) is 0. The summed E-state index contributed by atoms with van der Waals surface area (Å²) in [7, 11) is 0.